The van der Waals surface area contributed by atoms with Gasteiger partial charge in [-0.25, -0.2) is 12.7 Å². The number of hydrogen-bond donors (Lipinski definition) is 1. The number of nitrogens with one attached hydrogen (secondary N) is 1. The summed E-state index contributed by atoms with van der Waals surface area (Å²) in [5, 5.41) is 13.3. The van der Waals surface area contributed by atoms with E-state index < -0.39 is 20.9 Å². The first-order chi connectivity index (χ1) is 9.68. The molecule has 1 N–H and O–H groups in total. The average Bonchev–Trinajstić information content (AvgIpc) is 2.27. The number of non-ortho nitro benzene ring substituents is 1. The van der Waals surface area contributed by atoms with E-state index in [9.17, 15) is 23.3 Å². The van der Waals surface area contributed by atoms with Gasteiger partial charge in [0.1, 0.15) is 0 Å². The van der Waals surface area contributed by atoms with Crippen molar-refractivity contribution in [2.75, 3.05) is 24.7 Å². The number of carbonyl (C=O) groups excluding carboxylic acids is 1. The van der Waals surface area contributed by atoms with Gasteiger partial charge in [-0.2, -0.15) is 0 Å². The van der Waals surface area contributed by atoms with Crippen molar-refractivity contribution < 1.29 is 18.1 Å². The fourth-order valence-corrected chi connectivity index (χ4v) is 2.91. The second-order valence-electron chi connectivity index (χ2n) is 5.02. The lowest BCUT2D eigenvalue weighted by Crippen LogP contribution is -2.53. The second kappa shape index (κ2) is 5.41. The van der Waals surface area contributed by atoms with Crippen LogP contribution in [-0.4, -0.2) is 42.9 Å². The van der Waals surface area contributed by atoms with Crippen LogP contribution in [0.25, 0.3) is 0 Å². The molecule has 1 heterocycles. The number of benzene rings is 1. The van der Waals surface area contributed by atoms with Crippen LogP contribution >= 0.6 is 0 Å². The van der Waals surface area contributed by atoms with E-state index in [0.29, 0.717) is 11.3 Å². The highest BCUT2D eigenvalue weighted by Crippen LogP contribution is 2.24. The molecular formula is C12H15N3O5S. The first-order valence-corrected chi connectivity index (χ1v) is 8.04. The summed E-state index contributed by atoms with van der Waals surface area (Å²) in [6, 6.07) is 4.16. The maximum Gasteiger partial charge on any atom is 0.269 e. The summed E-state index contributed by atoms with van der Waals surface area (Å²) in [6.45, 7) is 1.99. The molecular weight excluding hydrogens is 298 g/mol. The van der Waals surface area contributed by atoms with E-state index in [1.165, 1.54) is 22.5 Å². The Kier molecular flexibility index (Phi) is 3.97. The third-order valence-electron chi connectivity index (χ3n) is 3.37. The topological polar surface area (TPSA) is 110 Å². The zero-order valence-electron chi connectivity index (χ0n) is 11.6. The molecule has 8 nitrogen and oxygen atoms in total. The molecule has 1 aliphatic rings. The summed E-state index contributed by atoms with van der Waals surface area (Å²) < 4.78 is 23.7. The van der Waals surface area contributed by atoms with Gasteiger partial charge in [0.2, 0.25) is 15.9 Å². The van der Waals surface area contributed by atoms with E-state index in [2.05, 4.69) is 5.32 Å². The second-order valence-corrected chi connectivity index (χ2v) is 7.00. The number of nitro benzene ring substituents is 1. The molecule has 0 unspecified atom stereocenters. The maximum atomic E-state index is 12.0. The van der Waals surface area contributed by atoms with Crippen LogP contribution in [0.15, 0.2) is 18.2 Å². The molecule has 0 atom stereocenters. The first-order valence-electron chi connectivity index (χ1n) is 6.19. The molecule has 0 bridgehead atoms. The van der Waals surface area contributed by atoms with Gasteiger partial charge in [-0.1, -0.05) is 0 Å². The number of nitro groups is 1. The van der Waals surface area contributed by atoms with E-state index in [1.807, 2.05) is 0 Å². The molecule has 1 saturated heterocycles. The smallest absolute Gasteiger partial charge is 0.269 e. The molecule has 0 saturated carbocycles. The minimum Gasteiger partial charge on any atom is -0.326 e. The third kappa shape index (κ3) is 3.37. The van der Waals surface area contributed by atoms with Crippen molar-refractivity contribution in [3.8, 4) is 0 Å². The number of rotatable bonds is 4. The lowest BCUT2D eigenvalue weighted by atomic mass is 10.0. The highest BCUT2D eigenvalue weighted by molar-refractivity contribution is 7.88. The van der Waals surface area contributed by atoms with Crippen molar-refractivity contribution in [2.24, 2.45) is 5.92 Å². The van der Waals surface area contributed by atoms with E-state index in [1.54, 1.807) is 6.92 Å². The van der Waals surface area contributed by atoms with Gasteiger partial charge in [-0.15, -0.1) is 0 Å². The Morgan fingerprint density at radius 3 is 2.52 bits per heavy atom. The van der Waals surface area contributed by atoms with Crippen LogP contribution in [-0.2, 0) is 14.8 Å². The fraction of sp³-hybridized carbons (Fsp3) is 0.417. The number of amides is 1. The molecule has 9 heteroatoms. The van der Waals surface area contributed by atoms with Crippen LogP contribution in [0.3, 0.4) is 0 Å². The Bertz CT molecular complexity index is 695. The zero-order chi connectivity index (χ0) is 15.8. The van der Waals surface area contributed by atoms with Crippen LogP contribution in [0.5, 0.6) is 0 Å². The Labute approximate surface area is 122 Å². The Morgan fingerprint density at radius 1 is 1.43 bits per heavy atom. The van der Waals surface area contributed by atoms with Crippen LogP contribution in [0.1, 0.15) is 5.56 Å². The van der Waals surface area contributed by atoms with E-state index in [-0.39, 0.29) is 24.7 Å². The van der Waals surface area contributed by atoms with Crippen molar-refractivity contribution in [1.82, 2.24) is 4.31 Å². The van der Waals surface area contributed by atoms with Gasteiger partial charge in [0.25, 0.3) is 5.69 Å². The van der Waals surface area contributed by atoms with E-state index >= 15 is 0 Å². The summed E-state index contributed by atoms with van der Waals surface area (Å²) in [5.41, 5.74) is 1.03. The molecule has 0 aromatic heterocycles. The maximum absolute atomic E-state index is 12.0. The lowest BCUT2D eigenvalue weighted by Gasteiger charge is -2.36. The SMILES string of the molecule is Cc1cc([N+](=O)[O-])ccc1NC(=O)C1CN(S(C)(=O)=O)C1. The van der Waals surface area contributed by atoms with Gasteiger partial charge in [-0.3, -0.25) is 14.9 Å². The van der Waals surface area contributed by atoms with Crippen molar-refractivity contribution in [1.29, 1.82) is 0 Å². The van der Waals surface area contributed by atoms with Crippen molar-refractivity contribution >= 4 is 27.3 Å². The van der Waals surface area contributed by atoms with Gasteiger partial charge in [0, 0.05) is 30.9 Å². The summed E-state index contributed by atoms with van der Waals surface area (Å²) in [4.78, 5) is 22.1. The van der Waals surface area contributed by atoms with E-state index in [4.69, 9.17) is 0 Å². The molecule has 0 radical (unpaired) electrons. The van der Waals surface area contributed by atoms with Crippen molar-refractivity contribution in [2.45, 2.75) is 6.92 Å². The van der Waals surface area contributed by atoms with Crippen molar-refractivity contribution in [3.05, 3.63) is 33.9 Å². The predicted molar refractivity (Wildman–Crippen MR) is 76.4 cm³/mol. The van der Waals surface area contributed by atoms with Gasteiger partial charge in [0.05, 0.1) is 17.1 Å². The van der Waals surface area contributed by atoms with Crippen LogP contribution in [0.2, 0.25) is 0 Å². The lowest BCUT2D eigenvalue weighted by molar-refractivity contribution is -0.384. The van der Waals surface area contributed by atoms with Crippen LogP contribution in [0, 0.1) is 23.0 Å². The number of sulfonamides is 1. The summed E-state index contributed by atoms with van der Waals surface area (Å²) >= 11 is 0. The Hall–Kier alpha value is -2.00. The number of carbonyl (C=O) groups is 1. The Balaban J connectivity index is 2.00. The quantitative estimate of drug-likeness (QED) is 0.651. The molecule has 1 aromatic carbocycles. The molecule has 1 amide bonds. The minimum atomic E-state index is -3.25. The summed E-state index contributed by atoms with van der Waals surface area (Å²) in [5.74, 6) is -0.679. The zero-order valence-corrected chi connectivity index (χ0v) is 12.4. The summed E-state index contributed by atoms with van der Waals surface area (Å²) in [6.07, 6.45) is 1.10. The number of hydrogen-bond acceptors (Lipinski definition) is 5. The van der Waals surface area contributed by atoms with Crippen LogP contribution in [0.4, 0.5) is 11.4 Å². The van der Waals surface area contributed by atoms with E-state index in [0.717, 1.165) is 6.26 Å². The predicted octanol–water partition coefficient (Wildman–Crippen LogP) is 0.733. The number of aryl methyl sites for hydroxylation is 1. The minimum absolute atomic E-state index is 0.0441. The van der Waals surface area contributed by atoms with Crippen molar-refractivity contribution in [3.63, 3.8) is 0 Å². The highest BCUT2D eigenvalue weighted by Gasteiger charge is 2.37. The highest BCUT2D eigenvalue weighted by atomic mass is 32.2. The molecule has 2 rings (SSSR count). The largest absolute Gasteiger partial charge is 0.326 e. The standard InChI is InChI=1S/C12H15N3O5S/c1-8-5-10(15(17)18)3-4-11(8)13-12(16)9-6-14(7-9)21(2,19)20/h3-5,9H,6-7H2,1-2H3,(H,13,16). The third-order valence-corrected chi connectivity index (χ3v) is 4.60. The first kappa shape index (κ1) is 15.4. The van der Waals surface area contributed by atoms with Gasteiger partial charge in [0.15, 0.2) is 0 Å². The van der Waals surface area contributed by atoms with Crippen LogP contribution < -0.4 is 5.32 Å². The normalized spacial score (nSPS) is 16.3. The molecule has 1 aliphatic heterocycles. The number of anilines is 1. The average molecular weight is 313 g/mol. The van der Waals surface area contributed by atoms with Gasteiger partial charge >= 0.3 is 0 Å². The number of nitrogens with zero attached hydrogens (tertiary/aromatic N) is 2. The molecule has 21 heavy (non-hydrogen) atoms. The molecule has 1 aromatic rings. The summed E-state index contributed by atoms with van der Waals surface area (Å²) in [7, 11) is -3.25. The van der Waals surface area contributed by atoms with Gasteiger partial charge in [-0.05, 0) is 18.6 Å². The molecule has 0 aliphatic carbocycles. The fourth-order valence-electron chi connectivity index (χ4n) is 2.01. The molecule has 1 fully saturated rings. The van der Waals surface area contributed by atoms with Gasteiger partial charge < -0.3 is 5.32 Å². The monoisotopic (exact) mass is 313 g/mol. The Morgan fingerprint density at radius 2 is 2.05 bits per heavy atom. The molecule has 0 spiro atoms. The molecule has 114 valence electrons.